The number of nitrogens with one attached hydrogen (secondary N) is 2. The Labute approximate surface area is 120 Å². The number of nitrogens with two attached hydrogens (primary N) is 1. The Bertz CT molecular complexity index is 201. The van der Waals surface area contributed by atoms with Crippen LogP contribution < -0.4 is 15.7 Å². The van der Waals surface area contributed by atoms with Crippen LogP contribution in [-0.4, -0.2) is 34.9 Å². The summed E-state index contributed by atoms with van der Waals surface area (Å²) in [5.74, 6) is 0. The zero-order valence-corrected chi connectivity index (χ0v) is 13.8. The first-order chi connectivity index (χ1) is 9.29. The van der Waals surface area contributed by atoms with Gasteiger partial charge in [0, 0.05) is 18.7 Å². The van der Waals surface area contributed by atoms with Gasteiger partial charge in [0.1, 0.15) is 0 Å². The van der Waals surface area contributed by atoms with Gasteiger partial charge in [-0.1, -0.05) is 33.1 Å². The molecular formula is C14H33N3OSi. The van der Waals surface area contributed by atoms with E-state index in [9.17, 15) is 0 Å². The van der Waals surface area contributed by atoms with Gasteiger partial charge < -0.3 is 20.1 Å². The summed E-state index contributed by atoms with van der Waals surface area (Å²) in [5, 5.41) is 0. The molecule has 19 heavy (non-hydrogen) atoms. The summed E-state index contributed by atoms with van der Waals surface area (Å²) >= 11 is 0. The molecule has 1 aliphatic carbocycles. The highest BCUT2D eigenvalue weighted by molar-refractivity contribution is 6.70. The van der Waals surface area contributed by atoms with Crippen molar-refractivity contribution in [2.75, 3.05) is 26.2 Å². The molecule has 4 nitrogen and oxygen atoms in total. The fraction of sp³-hybridized carbons (Fsp3) is 1.00. The van der Waals surface area contributed by atoms with Crippen LogP contribution in [0.1, 0.15) is 58.8 Å². The first-order valence-electron chi connectivity index (χ1n) is 8.13. The summed E-state index contributed by atoms with van der Waals surface area (Å²) in [6, 6.07) is 0. The predicted molar refractivity (Wildman–Crippen MR) is 84.2 cm³/mol. The summed E-state index contributed by atoms with van der Waals surface area (Å²) < 4.78 is 6.31. The highest BCUT2D eigenvalue weighted by Crippen LogP contribution is 2.35. The van der Waals surface area contributed by atoms with Gasteiger partial charge in [-0.15, -0.1) is 0 Å². The van der Waals surface area contributed by atoms with Crippen molar-refractivity contribution < 1.29 is 4.43 Å². The summed E-state index contributed by atoms with van der Waals surface area (Å²) in [6.07, 6.45) is 9.02. The Morgan fingerprint density at radius 3 is 2.11 bits per heavy atom. The van der Waals surface area contributed by atoms with E-state index < -0.39 is 8.64 Å². The fourth-order valence-corrected chi connectivity index (χ4v) is 6.97. The monoisotopic (exact) mass is 287 g/mol. The topological polar surface area (TPSA) is 59.3 Å². The van der Waals surface area contributed by atoms with E-state index in [1.54, 1.807) is 0 Å². The van der Waals surface area contributed by atoms with Crippen LogP contribution >= 0.6 is 0 Å². The van der Waals surface area contributed by atoms with E-state index >= 15 is 0 Å². The minimum atomic E-state index is -2.04. The third kappa shape index (κ3) is 5.51. The van der Waals surface area contributed by atoms with Crippen molar-refractivity contribution in [1.82, 2.24) is 9.96 Å². The summed E-state index contributed by atoms with van der Waals surface area (Å²) in [6.45, 7) is 7.82. The van der Waals surface area contributed by atoms with E-state index in [1.807, 2.05) is 0 Å². The zero-order valence-electron chi connectivity index (χ0n) is 12.8. The molecule has 1 aliphatic rings. The number of hydrogen-bond acceptors (Lipinski definition) is 4. The highest BCUT2D eigenvalue weighted by Gasteiger charge is 2.44. The standard InChI is InChI=1S/C14H33N3OSi/c1-3-11-16-19(17-12-4-2,18-13-10-15)14-8-6-5-7-9-14/h14,16-17H,3-13,15H2,1-2H3. The molecule has 0 bridgehead atoms. The molecule has 0 saturated heterocycles. The summed E-state index contributed by atoms with van der Waals surface area (Å²) in [5.41, 5.74) is 6.36. The number of hydrogen-bond donors (Lipinski definition) is 3. The van der Waals surface area contributed by atoms with Crippen LogP contribution in [0.3, 0.4) is 0 Å². The van der Waals surface area contributed by atoms with Crippen molar-refractivity contribution >= 4 is 8.64 Å². The van der Waals surface area contributed by atoms with Gasteiger partial charge in [0.25, 0.3) is 0 Å². The Kier molecular flexibility index (Phi) is 8.90. The molecule has 0 aromatic heterocycles. The van der Waals surface area contributed by atoms with Crippen molar-refractivity contribution in [3.05, 3.63) is 0 Å². The lowest BCUT2D eigenvalue weighted by atomic mass is 10.0. The molecule has 1 rings (SSSR count). The molecule has 0 spiro atoms. The largest absolute Gasteiger partial charge is 0.390 e. The van der Waals surface area contributed by atoms with Gasteiger partial charge in [0.2, 0.25) is 0 Å². The molecule has 0 atom stereocenters. The Morgan fingerprint density at radius 2 is 1.63 bits per heavy atom. The molecule has 0 amide bonds. The normalized spacial score (nSPS) is 17.8. The molecule has 0 aliphatic heterocycles. The van der Waals surface area contributed by atoms with Crippen LogP contribution in [-0.2, 0) is 4.43 Å². The molecular weight excluding hydrogens is 254 g/mol. The van der Waals surface area contributed by atoms with Gasteiger partial charge in [0.15, 0.2) is 0 Å². The van der Waals surface area contributed by atoms with E-state index in [-0.39, 0.29) is 0 Å². The Hall–Kier alpha value is 0.0569. The Balaban J connectivity index is 2.73. The SMILES string of the molecule is CCCN[Si](NCCC)(OCCN)C1CCCCC1. The lowest BCUT2D eigenvalue weighted by Gasteiger charge is -2.40. The van der Waals surface area contributed by atoms with E-state index in [0.29, 0.717) is 18.7 Å². The van der Waals surface area contributed by atoms with Crippen LogP contribution in [0, 0.1) is 0 Å². The molecule has 5 heteroatoms. The lowest BCUT2D eigenvalue weighted by molar-refractivity contribution is 0.264. The van der Waals surface area contributed by atoms with Crippen LogP contribution in [0.25, 0.3) is 0 Å². The molecule has 1 fully saturated rings. The second-order valence-electron chi connectivity index (χ2n) is 5.56. The average molecular weight is 288 g/mol. The number of rotatable bonds is 10. The molecule has 0 unspecified atom stereocenters. The van der Waals surface area contributed by atoms with E-state index in [2.05, 4.69) is 23.8 Å². The molecule has 0 heterocycles. The van der Waals surface area contributed by atoms with Crippen molar-refractivity contribution in [3.63, 3.8) is 0 Å². The smallest absolute Gasteiger partial charge is 0.355 e. The van der Waals surface area contributed by atoms with Gasteiger partial charge in [-0.2, -0.15) is 0 Å². The fourth-order valence-electron chi connectivity index (χ4n) is 2.92. The summed E-state index contributed by atoms with van der Waals surface area (Å²) in [4.78, 5) is 7.54. The highest BCUT2D eigenvalue weighted by atomic mass is 28.4. The lowest BCUT2D eigenvalue weighted by Crippen LogP contribution is -2.68. The van der Waals surface area contributed by atoms with Gasteiger partial charge in [-0.05, 0) is 38.8 Å². The second kappa shape index (κ2) is 9.88. The third-order valence-electron chi connectivity index (χ3n) is 3.90. The zero-order chi connectivity index (χ0) is 14.0. The second-order valence-corrected chi connectivity index (χ2v) is 8.84. The van der Waals surface area contributed by atoms with Gasteiger partial charge >= 0.3 is 8.64 Å². The van der Waals surface area contributed by atoms with Crippen LogP contribution in [0.5, 0.6) is 0 Å². The maximum Gasteiger partial charge on any atom is 0.355 e. The average Bonchev–Trinajstić information content (AvgIpc) is 2.48. The first-order valence-corrected chi connectivity index (χ1v) is 10.1. The van der Waals surface area contributed by atoms with E-state index in [0.717, 1.165) is 25.9 Å². The first kappa shape index (κ1) is 17.1. The van der Waals surface area contributed by atoms with Gasteiger partial charge in [0.05, 0.1) is 0 Å². The van der Waals surface area contributed by atoms with Gasteiger partial charge in [-0.25, -0.2) is 0 Å². The van der Waals surface area contributed by atoms with Crippen LogP contribution in [0.4, 0.5) is 0 Å². The van der Waals surface area contributed by atoms with Gasteiger partial charge in [-0.3, -0.25) is 0 Å². The van der Waals surface area contributed by atoms with Crippen LogP contribution in [0.2, 0.25) is 5.54 Å². The minimum absolute atomic E-state index is 0.614. The molecule has 114 valence electrons. The van der Waals surface area contributed by atoms with E-state index in [1.165, 1.54) is 32.1 Å². The summed E-state index contributed by atoms with van der Waals surface area (Å²) in [7, 11) is -2.04. The molecule has 1 saturated carbocycles. The molecule has 0 radical (unpaired) electrons. The van der Waals surface area contributed by atoms with Crippen molar-refractivity contribution in [2.24, 2.45) is 5.73 Å². The Morgan fingerprint density at radius 1 is 1.05 bits per heavy atom. The van der Waals surface area contributed by atoms with E-state index in [4.69, 9.17) is 10.2 Å². The molecule has 4 N–H and O–H groups in total. The predicted octanol–water partition coefficient (Wildman–Crippen LogP) is 2.23. The third-order valence-corrected chi connectivity index (χ3v) is 7.84. The maximum absolute atomic E-state index is 6.31. The molecule has 0 aromatic carbocycles. The van der Waals surface area contributed by atoms with Crippen molar-refractivity contribution in [1.29, 1.82) is 0 Å². The maximum atomic E-state index is 6.31. The van der Waals surface area contributed by atoms with Crippen LogP contribution in [0.15, 0.2) is 0 Å². The molecule has 0 aromatic rings. The minimum Gasteiger partial charge on any atom is -0.390 e. The van der Waals surface area contributed by atoms with Crippen molar-refractivity contribution in [2.45, 2.75) is 64.3 Å². The van der Waals surface area contributed by atoms with Crippen molar-refractivity contribution in [3.8, 4) is 0 Å². The quantitative estimate of drug-likeness (QED) is 0.539.